The molecule has 1 amide bonds. The Kier molecular flexibility index (Phi) is 3.69. The molecule has 1 aromatic heterocycles. The first-order valence-electron chi connectivity index (χ1n) is 6.44. The fourth-order valence-electron chi connectivity index (χ4n) is 2.32. The van der Waals surface area contributed by atoms with Gasteiger partial charge in [-0.05, 0) is 38.3 Å². The Morgan fingerprint density at radius 2 is 1.84 bits per heavy atom. The Labute approximate surface area is 113 Å². The van der Waals surface area contributed by atoms with Crippen molar-refractivity contribution in [2.45, 2.75) is 34.1 Å². The molecule has 0 unspecified atom stereocenters. The summed E-state index contributed by atoms with van der Waals surface area (Å²) in [7, 11) is 0. The molecule has 100 valence electrons. The van der Waals surface area contributed by atoms with Crippen LogP contribution >= 0.6 is 0 Å². The number of nitrogens with zero attached hydrogens (tertiary/aromatic N) is 1. The summed E-state index contributed by atoms with van der Waals surface area (Å²) < 4.78 is 0. The van der Waals surface area contributed by atoms with E-state index in [1.807, 2.05) is 45.9 Å². The maximum Gasteiger partial charge on any atom is 0.257 e. The van der Waals surface area contributed by atoms with Gasteiger partial charge in [-0.15, -0.1) is 0 Å². The summed E-state index contributed by atoms with van der Waals surface area (Å²) >= 11 is 0. The van der Waals surface area contributed by atoms with E-state index < -0.39 is 0 Å². The lowest BCUT2D eigenvalue weighted by atomic mass is 9.99. The summed E-state index contributed by atoms with van der Waals surface area (Å²) in [6.07, 6.45) is 0.867. The standard InChI is InChI=1S/C15H19N3O/c1-5-12-8-13(18-17-12)16-15(19)14-10(3)6-9(2)7-11(14)4/h6-8H,5H2,1-4H3,(H2,16,17,18,19). The van der Waals surface area contributed by atoms with Crippen LogP contribution in [0.15, 0.2) is 18.2 Å². The number of hydrogen-bond donors (Lipinski definition) is 2. The number of anilines is 1. The Hall–Kier alpha value is -2.10. The van der Waals surface area contributed by atoms with E-state index in [9.17, 15) is 4.79 Å². The van der Waals surface area contributed by atoms with Gasteiger partial charge in [0.15, 0.2) is 5.82 Å². The van der Waals surface area contributed by atoms with Crippen molar-refractivity contribution < 1.29 is 4.79 Å². The number of rotatable bonds is 3. The maximum atomic E-state index is 12.3. The highest BCUT2D eigenvalue weighted by molar-refractivity contribution is 6.05. The van der Waals surface area contributed by atoms with Gasteiger partial charge in [-0.3, -0.25) is 9.89 Å². The second-order valence-electron chi connectivity index (χ2n) is 4.86. The third-order valence-corrected chi connectivity index (χ3v) is 3.16. The Balaban J connectivity index is 2.25. The maximum absolute atomic E-state index is 12.3. The first kappa shape index (κ1) is 13.3. The molecule has 0 radical (unpaired) electrons. The zero-order valence-electron chi connectivity index (χ0n) is 11.8. The number of aryl methyl sites for hydroxylation is 4. The van der Waals surface area contributed by atoms with Crippen molar-refractivity contribution in [2.24, 2.45) is 0 Å². The predicted octanol–water partition coefficient (Wildman–Crippen LogP) is 3.15. The molecule has 2 aromatic rings. The molecule has 4 nitrogen and oxygen atoms in total. The SMILES string of the molecule is CCc1cc(NC(=O)c2c(C)cc(C)cc2C)n[nH]1. The molecular weight excluding hydrogens is 238 g/mol. The van der Waals surface area contributed by atoms with E-state index in [1.54, 1.807) is 0 Å². The van der Waals surface area contributed by atoms with Gasteiger partial charge < -0.3 is 5.32 Å². The lowest BCUT2D eigenvalue weighted by molar-refractivity contribution is 0.102. The molecule has 1 aromatic carbocycles. The lowest BCUT2D eigenvalue weighted by Crippen LogP contribution is -2.15. The molecule has 4 heteroatoms. The summed E-state index contributed by atoms with van der Waals surface area (Å²) in [5.41, 5.74) is 4.88. The molecule has 0 atom stereocenters. The number of aromatic amines is 1. The Bertz CT molecular complexity index is 591. The van der Waals surface area contributed by atoms with Crippen molar-refractivity contribution in [2.75, 3.05) is 5.32 Å². The second-order valence-corrected chi connectivity index (χ2v) is 4.86. The van der Waals surface area contributed by atoms with E-state index in [-0.39, 0.29) is 5.91 Å². The van der Waals surface area contributed by atoms with Crippen molar-refractivity contribution in [1.29, 1.82) is 0 Å². The van der Waals surface area contributed by atoms with E-state index >= 15 is 0 Å². The van der Waals surface area contributed by atoms with Crippen LogP contribution in [0.25, 0.3) is 0 Å². The van der Waals surface area contributed by atoms with Gasteiger partial charge in [0.25, 0.3) is 5.91 Å². The molecule has 1 heterocycles. The number of hydrogen-bond acceptors (Lipinski definition) is 2. The van der Waals surface area contributed by atoms with Crippen LogP contribution in [0, 0.1) is 20.8 Å². The van der Waals surface area contributed by atoms with E-state index in [0.29, 0.717) is 5.82 Å². The minimum Gasteiger partial charge on any atom is -0.305 e. The molecule has 0 bridgehead atoms. The van der Waals surface area contributed by atoms with Crippen molar-refractivity contribution in [3.63, 3.8) is 0 Å². The van der Waals surface area contributed by atoms with Gasteiger partial charge in [0.1, 0.15) is 0 Å². The highest BCUT2D eigenvalue weighted by Gasteiger charge is 2.14. The summed E-state index contributed by atoms with van der Waals surface area (Å²) in [4.78, 5) is 12.3. The van der Waals surface area contributed by atoms with Crippen LogP contribution < -0.4 is 5.32 Å². The zero-order chi connectivity index (χ0) is 14.0. The van der Waals surface area contributed by atoms with Gasteiger partial charge in [-0.25, -0.2) is 0 Å². The van der Waals surface area contributed by atoms with Gasteiger partial charge in [0, 0.05) is 17.3 Å². The van der Waals surface area contributed by atoms with Crippen LogP contribution in [0.2, 0.25) is 0 Å². The smallest absolute Gasteiger partial charge is 0.257 e. The first-order valence-corrected chi connectivity index (χ1v) is 6.44. The molecule has 0 saturated carbocycles. The number of H-pyrrole nitrogens is 1. The third-order valence-electron chi connectivity index (χ3n) is 3.16. The molecule has 19 heavy (non-hydrogen) atoms. The highest BCUT2D eigenvalue weighted by Crippen LogP contribution is 2.18. The van der Waals surface area contributed by atoms with Crippen molar-refractivity contribution >= 4 is 11.7 Å². The van der Waals surface area contributed by atoms with E-state index in [4.69, 9.17) is 0 Å². The van der Waals surface area contributed by atoms with Crippen molar-refractivity contribution in [1.82, 2.24) is 10.2 Å². The largest absolute Gasteiger partial charge is 0.305 e. The van der Waals surface area contributed by atoms with Gasteiger partial charge in [0.2, 0.25) is 0 Å². The van der Waals surface area contributed by atoms with Gasteiger partial charge in [-0.2, -0.15) is 5.10 Å². The van der Waals surface area contributed by atoms with Gasteiger partial charge in [-0.1, -0.05) is 24.6 Å². The average molecular weight is 257 g/mol. The van der Waals surface area contributed by atoms with Crippen LogP contribution in [0.1, 0.15) is 39.7 Å². The van der Waals surface area contributed by atoms with E-state index in [0.717, 1.165) is 28.8 Å². The summed E-state index contributed by atoms with van der Waals surface area (Å²) in [6.45, 7) is 7.98. The molecule has 2 N–H and O–H groups in total. The number of amides is 1. The van der Waals surface area contributed by atoms with Crippen molar-refractivity contribution in [3.05, 3.63) is 46.1 Å². The Morgan fingerprint density at radius 3 is 2.37 bits per heavy atom. The minimum absolute atomic E-state index is 0.107. The summed E-state index contributed by atoms with van der Waals surface area (Å²) in [5, 5.41) is 9.79. The average Bonchev–Trinajstić information content (AvgIpc) is 2.75. The molecule has 2 rings (SSSR count). The van der Waals surface area contributed by atoms with Crippen LogP contribution in [0.4, 0.5) is 5.82 Å². The van der Waals surface area contributed by atoms with E-state index in [2.05, 4.69) is 15.5 Å². The number of carbonyl (C=O) groups is 1. The number of aromatic nitrogens is 2. The highest BCUT2D eigenvalue weighted by atomic mass is 16.1. The second kappa shape index (κ2) is 5.26. The number of benzene rings is 1. The van der Waals surface area contributed by atoms with Gasteiger partial charge in [0.05, 0.1) is 0 Å². The summed E-state index contributed by atoms with van der Waals surface area (Å²) in [6, 6.07) is 5.89. The van der Waals surface area contributed by atoms with Crippen LogP contribution in [0.3, 0.4) is 0 Å². The normalized spacial score (nSPS) is 10.5. The molecule has 0 aliphatic carbocycles. The molecule has 0 aliphatic heterocycles. The van der Waals surface area contributed by atoms with E-state index in [1.165, 1.54) is 5.56 Å². The number of carbonyl (C=O) groups excluding carboxylic acids is 1. The van der Waals surface area contributed by atoms with Crippen molar-refractivity contribution in [3.8, 4) is 0 Å². The molecule has 0 aliphatic rings. The van der Waals surface area contributed by atoms with Crippen LogP contribution in [0.5, 0.6) is 0 Å². The Morgan fingerprint density at radius 1 is 1.21 bits per heavy atom. The van der Waals surface area contributed by atoms with Crippen LogP contribution in [-0.4, -0.2) is 16.1 Å². The monoisotopic (exact) mass is 257 g/mol. The third kappa shape index (κ3) is 2.84. The van der Waals surface area contributed by atoms with Gasteiger partial charge >= 0.3 is 0 Å². The first-order chi connectivity index (χ1) is 9.01. The fourth-order valence-corrected chi connectivity index (χ4v) is 2.32. The zero-order valence-corrected chi connectivity index (χ0v) is 11.8. The fraction of sp³-hybridized carbons (Fsp3) is 0.333. The number of nitrogens with one attached hydrogen (secondary N) is 2. The molecular formula is C15H19N3O. The summed E-state index contributed by atoms with van der Waals surface area (Å²) in [5.74, 6) is 0.463. The lowest BCUT2D eigenvalue weighted by Gasteiger charge is -2.10. The predicted molar refractivity (Wildman–Crippen MR) is 76.6 cm³/mol. The minimum atomic E-state index is -0.107. The van der Waals surface area contributed by atoms with Crippen LogP contribution in [-0.2, 0) is 6.42 Å². The quantitative estimate of drug-likeness (QED) is 0.887. The topological polar surface area (TPSA) is 57.8 Å². The molecule has 0 saturated heterocycles. The molecule has 0 spiro atoms. The molecule has 0 fully saturated rings.